The number of hydrogen-bond donors (Lipinski definition) is 2. The van der Waals surface area contributed by atoms with Crippen molar-refractivity contribution < 1.29 is 9.50 Å². The van der Waals surface area contributed by atoms with E-state index in [1.54, 1.807) is 12.1 Å². The minimum absolute atomic E-state index is 0.144. The second-order valence-corrected chi connectivity index (χ2v) is 3.77. The maximum Gasteiger partial charge on any atom is 0.141 e. The summed E-state index contributed by atoms with van der Waals surface area (Å²) in [6, 6.07) is 4.76. The van der Waals surface area contributed by atoms with Gasteiger partial charge in [0.15, 0.2) is 0 Å². The standard InChI is InChI=1S/C9H8FNOS/c10-7-3-1-2-5-6(4-12)9(11)13-8(5)7/h1-3,12H,4,11H2. The van der Waals surface area contributed by atoms with Crippen LogP contribution >= 0.6 is 11.3 Å². The molecule has 68 valence electrons. The first kappa shape index (κ1) is 8.47. The Labute approximate surface area is 78.4 Å². The first-order valence-corrected chi connectivity index (χ1v) is 4.62. The Morgan fingerprint density at radius 3 is 2.92 bits per heavy atom. The van der Waals surface area contributed by atoms with Crippen LogP contribution in [0.1, 0.15) is 5.56 Å². The number of nitrogens with two attached hydrogens (primary N) is 1. The lowest BCUT2D eigenvalue weighted by Gasteiger charge is -1.94. The van der Waals surface area contributed by atoms with Crippen molar-refractivity contribution in [1.29, 1.82) is 0 Å². The monoisotopic (exact) mass is 197 g/mol. The highest BCUT2D eigenvalue weighted by atomic mass is 32.1. The van der Waals surface area contributed by atoms with Crippen molar-refractivity contribution in [3.8, 4) is 0 Å². The van der Waals surface area contributed by atoms with Crippen LogP contribution in [0.15, 0.2) is 18.2 Å². The number of anilines is 1. The Kier molecular flexibility index (Phi) is 1.94. The van der Waals surface area contributed by atoms with Crippen LogP contribution in [-0.2, 0) is 6.61 Å². The van der Waals surface area contributed by atoms with E-state index < -0.39 is 0 Å². The average Bonchev–Trinajstić information content (AvgIpc) is 2.43. The van der Waals surface area contributed by atoms with E-state index in [-0.39, 0.29) is 12.4 Å². The normalized spacial score (nSPS) is 10.9. The molecule has 0 saturated carbocycles. The molecule has 0 aliphatic heterocycles. The second kappa shape index (κ2) is 2.97. The average molecular weight is 197 g/mol. The number of fused-ring (bicyclic) bond motifs is 1. The lowest BCUT2D eigenvalue weighted by molar-refractivity contribution is 0.284. The van der Waals surface area contributed by atoms with Crippen LogP contribution in [0.5, 0.6) is 0 Å². The van der Waals surface area contributed by atoms with E-state index in [9.17, 15) is 4.39 Å². The van der Waals surface area contributed by atoms with E-state index in [2.05, 4.69) is 0 Å². The quantitative estimate of drug-likeness (QED) is 0.735. The largest absolute Gasteiger partial charge is 0.392 e. The highest BCUT2D eigenvalue weighted by molar-refractivity contribution is 7.22. The summed E-state index contributed by atoms with van der Waals surface area (Å²) in [4.78, 5) is 0. The van der Waals surface area contributed by atoms with E-state index in [1.165, 1.54) is 17.4 Å². The molecule has 0 atom stereocenters. The zero-order chi connectivity index (χ0) is 9.42. The van der Waals surface area contributed by atoms with E-state index in [1.807, 2.05) is 0 Å². The first-order valence-electron chi connectivity index (χ1n) is 3.80. The van der Waals surface area contributed by atoms with Gasteiger partial charge in [0.05, 0.1) is 16.3 Å². The van der Waals surface area contributed by atoms with Crippen molar-refractivity contribution in [1.82, 2.24) is 0 Å². The summed E-state index contributed by atoms with van der Waals surface area (Å²) in [6.07, 6.45) is 0. The molecule has 0 spiro atoms. The molecule has 0 amide bonds. The summed E-state index contributed by atoms with van der Waals surface area (Å²) in [5, 5.41) is 10.2. The van der Waals surface area contributed by atoms with Gasteiger partial charge in [-0.1, -0.05) is 12.1 Å². The molecule has 0 fully saturated rings. The van der Waals surface area contributed by atoms with Gasteiger partial charge in [0.25, 0.3) is 0 Å². The minimum Gasteiger partial charge on any atom is -0.392 e. The molecular formula is C9H8FNOS. The van der Waals surface area contributed by atoms with Crippen LogP contribution < -0.4 is 5.73 Å². The van der Waals surface area contributed by atoms with Crippen LogP contribution in [0, 0.1) is 5.82 Å². The molecule has 2 aromatic rings. The molecule has 1 heterocycles. The third-order valence-electron chi connectivity index (χ3n) is 1.96. The van der Waals surface area contributed by atoms with Gasteiger partial charge >= 0.3 is 0 Å². The molecule has 13 heavy (non-hydrogen) atoms. The Morgan fingerprint density at radius 2 is 2.23 bits per heavy atom. The summed E-state index contributed by atoms with van der Waals surface area (Å²) in [7, 11) is 0. The number of halogens is 1. The van der Waals surface area contributed by atoms with Gasteiger partial charge in [-0.2, -0.15) is 0 Å². The maximum atomic E-state index is 13.2. The SMILES string of the molecule is Nc1sc2c(F)cccc2c1CO. The van der Waals surface area contributed by atoms with Crippen molar-refractivity contribution in [2.75, 3.05) is 5.73 Å². The smallest absolute Gasteiger partial charge is 0.141 e. The molecule has 3 N–H and O–H groups in total. The van der Waals surface area contributed by atoms with E-state index in [0.717, 1.165) is 0 Å². The van der Waals surface area contributed by atoms with Gasteiger partial charge in [0.1, 0.15) is 5.82 Å². The van der Waals surface area contributed by atoms with Crippen LogP contribution in [0.25, 0.3) is 10.1 Å². The number of aliphatic hydroxyl groups is 1. The van der Waals surface area contributed by atoms with Crippen LogP contribution in [0.2, 0.25) is 0 Å². The Balaban J connectivity index is 2.86. The van der Waals surface area contributed by atoms with Crippen molar-refractivity contribution >= 4 is 26.4 Å². The topological polar surface area (TPSA) is 46.2 Å². The molecule has 2 rings (SSSR count). The van der Waals surface area contributed by atoms with Crippen molar-refractivity contribution in [3.05, 3.63) is 29.6 Å². The lowest BCUT2D eigenvalue weighted by Crippen LogP contribution is -1.87. The number of nitrogen functional groups attached to an aromatic ring is 1. The van der Waals surface area contributed by atoms with Crippen molar-refractivity contribution in [2.45, 2.75) is 6.61 Å². The molecule has 1 aromatic heterocycles. The van der Waals surface area contributed by atoms with Gasteiger partial charge < -0.3 is 10.8 Å². The van der Waals surface area contributed by atoms with Crippen molar-refractivity contribution in [2.24, 2.45) is 0 Å². The van der Waals surface area contributed by atoms with E-state index in [0.29, 0.717) is 20.7 Å². The maximum absolute atomic E-state index is 13.2. The lowest BCUT2D eigenvalue weighted by atomic mass is 10.2. The highest BCUT2D eigenvalue weighted by Gasteiger charge is 2.10. The summed E-state index contributed by atoms with van der Waals surface area (Å²) in [5.41, 5.74) is 6.25. The predicted molar refractivity (Wildman–Crippen MR) is 52.1 cm³/mol. The molecule has 0 aliphatic rings. The molecule has 0 unspecified atom stereocenters. The summed E-state index contributed by atoms with van der Waals surface area (Å²) in [6.45, 7) is -0.144. The van der Waals surface area contributed by atoms with E-state index in [4.69, 9.17) is 10.8 Å². The number of thiophene rings is 1. The third-order valence-corrected chi connectivity index (χ3v) is 3.05. The summed E-state index contributed by atoms with van der Waals surface area (Å²) >= 11 is 1.17. The summed E-state index contributed by atoms with van der Waals surface area (Å²) in [5.74, 6) is -0.283. The predicted octanol–water partition coefficient (Wildman–Crippen LogP) is 2.11. The number of benzene rings is 1. The molecular weight excluding hydrogens is 189 g/mol. The molecule has 0 bridgehead atoms. The fourth-order valence-corrected chi connectivity index (χ4v) is 2.30. The first-order chi connectivity index (χ1) is 6.24. The van der Waals surface area contributed by atoms with Gasteiger partial charge in [0.2, 0.25) is 0 Å². The molecule has 0 aliphatic carbocycles. The van der Waals surface area contributed by atoms with Crippen LogP contribution in [0.4, 0.5) is 9.39 Å². The minimum atomic E-state index is -0.283. The fourth-order valence-electron chi connectivity index (χ4n) is 1.32. The fraction of sp³-hybridized carbons (Fsp3) is 0.111. The Morgan fingerprint density at radius 1 is 1.46 bits per heavy atom. The molecule has 4 heteroatoms. The van der Waals surface area contributed by atoms with E-state index >= 15 is 0 Å². The Bertz CT molecular complexity index is 452. The van der Waals surface area contributed by atoms with Gasteiger partial charge in [-0.25, -0.2) is 4.39 Å². The highest BCUT2D eigenvalue weighted by Crippen LogP contribution is 2.34. The second-order valence-electron chi connectivity index (χ2n) is 2.72. The Hall–Kier alpha value is -1.13. The number of rotatable bonds is 1. The molecule has 1 aromatic carbocycles. The van der Waals surface area contributed by atoms with Crippen LogP contribution in [0.3, 0.4) is 0 Å². The van der Waals surface area contributed by atoms with Crippen LogP contribution in [-0.4, -0.2) is 5.11 Å². The van der Waals surface area contributed by atoms with Gasteiger partial charge in [0, 0.05) is 10.9 Å². The van der Waals surface area contributed by atoms with Crippen molar-refractivity contribution in [3.63, 3.8) is 0 Å². The number of hydrogen-bond acceptors (Lipinski definition) is 3. The molecule has 0 saturated heterocycles. The van der Waals surface area contributed by atoms with Gasteiger partial charge in [-0.3, -0.25) is 0 Å². The zero-order valence-corrected chi connectivity index (χ0v) is 7.57. The molecule has 0 radical (unpaired) electrons. The zero-order valence-electron chi connectivity index (χ0n) is 6.75. The van der Waals surface area contributed by atoms with Gasteiger partial charge in [-0.15, -0.1) is 11.3 Å². The molecule has 2 nitrogen and oxygen atoms in total. The number of aliphatic hydroxyl groups excluding tert-OH is 1. The third kappa shape index (κ3) is 1.18. The van der Waals surface area contributed by atoms with Gasteiger partial charge in [-0.05, 0) is 6.07 Å². The summed E-state index contributed by atoms with van der Waals surface area (Å²) < 4.78 is 13.7.